The first-order chi connectivity index (χ1) is 8.93. The predicted octanol–water partition coefficient (Wildman–Crippen LogP) is 4.66. The first kappa shape index (κ1) is 10.1. The predicted molar refractivity (Wildman–Crippen MR) is 74.6 cm³/mol. The standard InChI is InChI=1S/C18H16/c1-3-7-13(8-4-1)15-11-17(15)18-12-16(18)14-9-5-2-6-10-14/h1-10,15-16H,11-12H2/b18-17-. The van der Waals surface area contributed by atoms with Gasteiger partial charge in [0, 0.05) is 11.8 Å². The van der Waals surface area contributed by atoms with Crippen molar-refractivity contribution in [2.24, 2.45) is 0 Å². The van der Waals surface area contributed by atoms with Crippen LogP contribution in [-0.4, -0.2) is 0 Å². The second-order valence-corrected chi connectivity index (χ2v) is 5.39. The van der Waals surface area contributed by atoms with Gasteiger partial charge in [0.2, 0.25) is 0 Å². The van der Waals surface area contributed by atoms with Crippen molar-refractivity contribution >= 4 is 0 Å². The minimum absolute atomic E-state index is 0.731. The molecule has 2 aromatic rings. The Balaban J connectivity index is 1.56. The zero-order valence-electron chi connectivity index (χ0n) is 10.3. The Bertz CT molecular complexity index is 537. The van der Waals surface area contributed by atoms with E-state index in [1.165, 1.54) is 24.0 Å². The number of rotatable bonds is 2. The lowest BCUT2D eigenvalue weighted by Gasteiger charge is -1.95. The zero-order chi connectivity index (χ0) is 11.9. The van der Waals surface area contributed by atoms with Crippen LogP contribution in [0.1, 0.15) is 35.8 Å². The normalized spacial score (nSPS) is 29.1. The molecule has 0 bridgehead atoms. The Morgan fingerprint density at radius 3 is 1.33 bits per heavy atom. The quantitative estimate of drug-likeness (QED) is 0.661. The molecule has 2 saturated carbocycles. The number of hydrogen-bond acceptors (Lipinski definition) is 0. The summed E-state index contributed by atoms with van der Waals surface area (Å²) in [6.07, 6.45) is 2.59. The van der Waals surface area contributed by atoms with Gasteiger partial charge in [0.05, 0.1) is 0 Å². The second kappa shape index (κ2) is 3.84. The van der Waals surface area contributed by atoms with Gasteiger partial charge in [-0.25, -0.2) is 0 Å². The summed E-state index contributed by atoms with van der Waals surface area (Å²) >= 11 is 0. The van der Waals surface area contributed by atoms with Crippen LogP contribution in [0.5, 0.6) is 0 Å². The van der Waals surface area contributed by atoms with Crippen molar-refractivity contribution in [2.75, 3.05) is 0 Å². The van der Waals surface area contributed by atoms with Crippen LogP contribution in [0.15, 0.2) is 71.8 Å². The van der Waals surface area contributed by atoms with E-state index in [9.17, 15) is 0 Å². The topological polar surface area (TPSA) is 0 Å². The molecule has 88 valence electrons. The van der Waals surface area contributed by atoms with Gasteiger partial charge in [-0.1, -0.05) is 71.8 Å². The Morgan fingerprint density at radius 2 is 0.944 bits per heavy atom. The fourth-order valence-electron chi connectivity index (χ4n) is 3.04. The summed E-state index contributed by atoms with van der Waals surface area (Å²) < 4.78 is 0. The monoisotopic (exact) mass is 232 g/mol. The first-order valence-corrected chi connectivity index (χ1v) is 6.75. The fraction of sp³-hybridized carbons (Fsp3) is 0.222. The van der Waals surface area contributed by atoms with Crippen LogP contribution in [0.2, 0.25) is 0 Å². The highest BCUT2D eigenvalue weighted by molar-refractivity contribution is 5.53. The van der Waals surface area contributed by atoms with Gasteiger partial charge in [-0.2, -0.15) is 0 Å². The molecule has 0 heterocycles. The molecule has 2 aromatic carbocycles. The summed E-state index contributed by atoms with van der Waals surface area (Å²) in [7, 11) is 0. The lowest BCUT2D eigenvalue weighted by molar-refractivity contribution is 1.15. The van der Waals surface area contributed by atoms with Crippen molar-refractivity contribution in [3.8, 4) is 0 Å². The van der Waals surface area contributed by atoms with Crippen LogP contribution in [0.25, 0.3) is 0 Å². The van der Waals surface area contributed by atoms with E-state index >= 15 is 0 Å². The molecule has 0 saturated heterocycles. The third-order valence-electron chi connectivity index (χ3n) is 4.19. The highest BCUT2D eigenvalue weighted by Crippen LogP contribution is 2.60. The number of hydrogen-bond donors (Lipinski definition) is 0. The largest absolute Gasteiger partial charge is 0.0622 e. The summed E-state index contributed by atoms with van der Waals surface area (Å²) in [6, 6.07) is 21.8. The van der Waals surface area contributed by atoms with Gasteiger partial charge < -0.3 is 0 Å². The molecule has 0 radical (unpaired) electrons. The summed E-state index contributed by atoms with van der Waals surface area (Å²) in [5, 5.41) is 0. The van der Waals surface area contributed by atoms with Crippen molar-refractivity contribution in [2.45, 2.75) is 24.7 Å². The van der Waals surface area contributed by atoms with Crippen molar-refractivity contribution < 1.29 is 0 Å². The lowest BCUT2D eigenvalue weighted by Crippen LogP contribution is -1.77. The molecule has 0 nitrogen and oxygen atoms in total. The van der Waals surface area contributed by atoms with Gasteiger partial charge in [-0.3, -0.25) is 0 Å². The molecule has 0 heteroatoms. The summed E-state index contributed by atoms with van der Waals surface area (Å²) in [5.41, 5.74) is 6.43. The molecule has 2 aliphatic rings. The van der Waals surface area contributed by atoms with Crippen molar-refractivity contribution in [3.63, 3.8) is 0 Å². The molecular weight excluding hydrogens is 216 g/mol. The Kier molecular flexibility index (Phi) is 2.16. The van der Waals surface area contributed by atoms with E-state index in [2.05, 4.69) is 60.7 Å². The maximum atomic E-state index is 2.26. The third-order valence-corrected chi connectivity index (χ3v) is 4.19. The van der Waals surface area contributed by atoms with E-state index in [0.29, 0.717) is 0 Å². The zero-order valence-corrected chi connectivity index (χ0v) is 10.3. The molecule has 0 aliphatic heterocycles. The molecule has 2 unspecified atom stereocenters. The van der Waals surface area contributed by atoms with Gasteiger partial charge in [-0.05, 0) is 24.0 Å². The van der Waals surface area contributed by atoms with E-state index in [-0.39, 0.29) is 0 Å². The van der Waals surface area contributed by atoms with E-state index in [4.69, 9.17) is 0 Å². The minimum atomic E-state index is 0.731. The fourth-order valence-corrected chi connectivity index (χ4v) is 3.04. The van der Waals surface area contributed by atoms with Crippen LogP contribution in [-0.2, 0) is 0 Å². The molecule has 2 fully saturated rings. The molecule has 18 heavy (non-hydrogen) atoms. The first-order valence-electron chi connectivity index (χ1n) is 6.75. The third kappa shape index (κ3) is 1.69. The molecule has 0 amide bonds. The highest BCUT2D eigenvalue weighted by atomic mass is 14.5. The molecular formula is C18H16. The number of allylic oxidation sites excluding steroid dienone is 2. The maximum absolute atomic E-state index is 2.26. The highest BCUT2D eigenvalue weighted by Gasteiger charge is 2.43. The van der Waals surface area contributed by atoms with Crippen molar-refractivity contribution in [1.29, 1.82) is 0 Å². The summed E-state index contributed by atoms with van der Waals surface area (Å²) in [5.74, 6) is 1.46. The van der Waals surface area contributed by atoms with Gasteiger partial charge in [-0.15, -0.1) is 0 Å². The molecule has 0 aromatic heterocycles. The Morgan fingerprint density at radius 1 is 0.556 bits per heavy atom. The van der Waals surface area contributed by atoms with Crippen LogP contribution < -0.4 is 0 Å². The van der Waals surface area contributed by atoms with Crippen molar-refractivity contribution in [3.05, 3.63) is 82.9 Å². The van der Waals surface area contributed by atoms with E-state index < -0.39 is 0 Å². The Hall–Kier alpha value is -1.82. The number of benzene rings is 2. The molecule has 2 atom stereocenters. The van der Waals surface area contributed by atoms with Gasteiger partial charge in [0.25, 0.3) is 0 Å². The second-order valence-electron chi connectivity index (χ2n) is 5.39. The van der Waals surface area contributed by atoms with E-state index in [1.807, 2.05) is 0 Å². The van der Waals surface area contributed by atoms with Gasteiger partial charge in [0.1, 0.15) is 0 Å². The van der Waals surface area contributed by atoms with Crippen molar-refractivity contribution in [1.82, 2.24) is 0 Å². The Labute approximate surface area is 108 Å². The van der Waals surface area contributed by atoms with Crippen LogP contribution in [0.3, 0.4) is 0 Å². The lowest BCUT2D eigenvalue weighted by atomic mass is 10.1. The minimum Gasteiger partial charge on any atom is -0.0622 e. The summed E-state index contributed by atoms with van der Waals surface area (Å²) in [6.45, 7) is 0. The molecule has 0 N–H and O–H groups in total. The molecule has 2 aliphatic carbocycles. The molecule has 0 spiro atoms. The van der Waals surface area contributed by atoms with Gasteiger partial charge >= 0.3 is 0 Å². The summed E-state index contributed by atoms with van der Waals surface area (Å²) in [4.78, 5) is 0. The SMILES string of the molecule is c1ccc(C2C/C2=C2\CC2c2ccccc2)cc1. The van der Waals surface area contributed by atoms with E-state index in [1.54, 1.807) is 11.1 Å². The average Bonchev–Trinajstić information content (AvgIpc) is 3.32. The average molecular weight is 232 g/mol. The van der Waals surface area contributed by atoms with E-state index in [0.717, 1.165) is 11.8 Å². The van der Waals surface area contributed by atoms with Crippen LogP contribution in [0.4, 0.5) is 0 Å². The molecule has 4 rings (SSSR count). The van der Waals surface area contributed by atoms with Crippen LogP contribution in [0, 0.1) is 0 Å². The van der Waals surface area contributed by atoms with Crippen LogP contribution >= 0.6 is 0 Å². The smallest absolute Gasteiger partial charge is 0.00889 e. The van der Waals surface area contributed by atoms with Gasteiger partial charge in [0.15, 0.2) is 0 Å². The maximum Gasteiger partial charge on any atom is 0.00889 e.